The topological polar surface area (TPSA) is 49.2 Å². The van der Waals surface area contributed by atoms with Crippen LogP contribution in [-0.2, 0) is 6.42 Å². The minimum absolute atomic E-state index is 0.0728. The van der Waals surface area contributed by atoms with Crippen LogP contribution in [0.3, 0.4) is 0 Å². The summed E-state index contributed by atoms with van der Waals surface area (Å²) in [5.41, 5.74) is 4.45. The summed E-state index contributed by atoms with van der Waals surface area (Å²) in [6.07, 6.45) is 6.13. The minimum Gasteiger partial charge on any atom is -0.383 e. The number of aromatic amines is 1. The monoisotopic (exact) mass is 374 g/mol. The molecule has 28 heavy (non-hydrogen) atoms. The average molecular weight is 374 g/mol. The van der Waals surface area contributed by atoms with E-state index in [-0.39, 0.29) is 11.6 Å². The van der Waals surface area contributed by atoms with Gasteiger partial charge in [-0.2, -0.15) is 5.16 Å². The van der Waals surface area contributed by atoms with E-state index >= 15 is 0 Å². The SMILES string of the molecule is CN(CCC=C(c1ccccc1)c1ccccc1)C1CCCc2o[nH]c(=O)c21. The van der Waals surface area contributed by atoms with Gasteiger partial charge in [0, 0.05) is 19.0 Å². The molecule has 4 heteroatoms. The van der Waals surface area contributed by atoms with E-state index in [0.29, 0.717) is 0 Å². The molecular formula is C24H26N2O2. The van der Waals surface area contributed by atoms with Gasteiger partial charge in [-0.25, -0.2) is 0 Å². The van der Waals surface area contributed by atoms with Crippen molar-refractivity contribution in [3.8, 4) is 0 Å². The lowest BCUT2D eigenvalue weighted by molar-refractivity contribution is 0.217. The summed E-state index contributed by atoms with van der Waals surface area (Å²) in [4.78, 5) is 14.4. The Hall–Kier alpha value is -2.85. The first-order chi connectivity index (χ1) is 13.7. The van der Waals surface area contributed by atoms with Crippen LogP contribution in [0.2, 0.25) is 0 Å². The van der Waals surface area contributed by atoms with Gasteiger partial charge in [0.05, 0.1) is 5.56 Å². The van der Waals surface area contributed by atoms with E-state index in [1.807, 2.05) is 12.1 Å². The van der Waals surface area contributed by atoms with Crippen LogP contribution in [0.25, 0.3) is 5.57 Å². The number of hydrogen-bond acceptors (Lipinski definition) is 3. The van der Waals surface area contributed by atoms with Crippen molar-refractivity contribution in [1.29, 1.82) is 0 Å². The van der Waals surface area contributed by atoms with E-state index in [1.54, 1.807) is 0 Å². The van der Waals surface area contributed by atoms with E-state index in [4.69, 9.17) is 4.52 Å². The predicted molar refractivity (Wildman–Crippen MR) is 112 cm³/mol. The van der Waals surface area contributed by atoms with Crippen LogP contribution < -0.4 is 5.56 Å². The quantitative estimate of drug-likeness (QED) is 0.674. The molecule has 3 aromatic rings. The highest BCUT2D eigenvalue weighted by atomic mass is 16.5. The largest absolute Gasteiger partial charge is 0.383 e. The molecule has 1 aromatic heterocycles. The van der Waals surface area contributed by atoms with E-state index in [0.717, 1.165) is 43.6 Å². The fourth-order valence-electron chi connectivity index (χ4n) is 4.11. The Morgan fingerprint density at radius 1 is 1.11 bits per heavy atom. The van der Waals surface area contributed by atoms with Gasteiger partial charge in [-0.1, -0.05) is 66.7 Å². The van der Waals surface area contributed by atoms with Gasteiger partial charge in [0.1, 0.15) is 5.76 Å². The second-order valence-electron chi connectivity index (χ2n) is 7.40. The number of fused-ring (bicyclic) bond motifs is 1. The van der Waals surface area contributed by atoms with Crippen LogP contribution in [0.5, 0.6) is 0 Å². The number of benzene rings is 2. The Morgan fingerprint density at radius 2 is 1.75 bits per heavy atom. The van der Waals surface area contributed by atoms with Gasteiger partial charge in [-0.3, -0.25) is 9.69 Å². The summed E-state index contributed by atoms with van der Waals surface area (Å²) in [6.45, 7) is 0.887. The summed E-state index contributed by atoms with van der Waals surface area (Å²) in [5, 5.41) is 2.51. The zero-order valence-electron chi connectivity index (χ0n) is 16.2. The maximum atomic E-state index is 12.1. The van der Waals surface area contributed by atoms with Gasteiger partial charge < -0.3 is 4.52 Å². The zero-order valence-corrected chi connectivity index (χ0v) is 16.2. The summed E-state index contributed by atoms with van der Waals surface area (Å²) in [6, 6.07) is 21.1. The lowest BCUT2D eigenvalue weighted by Gasteiger charge is -2.29. The third-order valence-corrected chi connectivity index (χ3v) is 5.56. The van der Waals surface area contributed by atoms with Crippen molar-refractivity contribution in [1.82, 2.24) is 10.1 Å². The van der Waals surface area contributed by atoms with Crippen molar-refractivity contribution >= 4 is 5.57 Å². The fourth-order valence-corrected chi connectivity index (χ4v) is 4.11. The number of H-pyrrole nitrogens is 1. The van der Waals surface area contributed by atoms with Crippen molar-refractivity contribution < 1.29 is 4.52 Å². The first-order valence-electron chi connectivity index (χ1n) is 9.95. The summed E-state index contributed by atoms with van der Waals surface area (Å²) in [5.74, 6) is 0.831. The highest BCUT2D eigenvalue weighted by Gasteiger charge is 2.29. The van der Waals surface area contributed by atoms with Crippen LogP contribution in [0.4, 0.5) is 0 Å². The third kappa shape index (κ3) is 3.87. The molecule has 0 spiro atoms. The molecule has 1 atom stereocenters. The molecule has 0 saturated carbocycles. The molecule has 4 rings (SSSR count). The van der Waals surface area contributed by atoms with Crippen molar-refractivity contribution in [3.63, 3.8) is 0 Å². The maximum absolute atomic E-state index is 12.1. The molecule has 1 heterocycles. The maximum Gasteiger partial charge on any atom is 0.284 e. The molecule has 0 aliphatic heterocycles. The first-order valence-corrected chi connectivity index (χ1v) is 9.95. The van der Waals surface area contributed by atoms with E-state index in [2.05, 4.69) is 71.7 Å². The molecule has 1 N–H and O–H groups in total. The predicted octanol–water partition coefficient (Wildman–Crippen LogP) is 4.80. The molecule has 1 unspecified atom stereocenters. The Labute approximate surface area is 165 Å². The Bertz CT molecular complexity index is 945. The molecule has 4 nitrogen and oxygen atoms in total. The molecular weight excluding hydrogens is 348 g/mol. The summed E-state index contributed by atoms with van der Waals surface area (Å²) in [7, 11) is 2.10. The summed E-state index contributed by atoms with van der Waals surface area (Å²) < 4.78 is 5.35. The molecule has 1 aliphatic carbocycles. The lowest BCUT2D eigenvalue weighted by Crippen LogP contribution is -2.31. The molecule has 1 aliphatic rings. The number of hydrogen-bond donors (Lipinski definition) is 1. The number of rotatable bonds is 6. The molecule has 0 fully saturated rings. The van der Waals surface area contributed by atoms with Gasteiger partial charge >= 0.3 is 0 Å². The second-order valence-corrected chi connectivity index (χ2v) is 7.40. The van der Waals surface area contributed by atoms with Crippen molar-refractivity contribution in [3.05, 3.63) is 99.5 Å². The molecule has 2 aromatic carbocycles. The summed E-state index contributed by atoms with van der Waals surface area (Å²) >= 11 is 0. The molecule has 0 saturated heterocycles. The Balaban J connectivity index is 1.52. The number of nitrogens with zero attached hydrogens (tertiary/aromatic N) is 1. The van der Waals surface area contributed by atoms with Crippen molar-refractivity contribution in [2.24, 2.45) is 0 Å². The standard InChI is InChI=1S/C24H26N2O2/c1-26(21-15-8-16-22-23(21)24(27)25-28-22)17-9-14-20(18-10-4-2-5-11-18)19-12-6-3-7-13-19/h2-7,10-14,21H,8-9,15-17H2,1H3,(H,25,27). The smallest absolute Gasteiger partial charge is 0.284 e. The Kier molecular flexibility index (Phi) is 5.58. The second kappa shape index (κ2) is 8.44. The first kappa shape index (κ1) is 18.5. The van der Waals surface area contributed by atoms with E-state index in [9.17, 15) is 4.79 Å². The number of aromatic nitrogens is 1. The number of nitrogens with one attached hydrogen (secondary N) is 1. The minimum atomic E-state index is -0.0728. The average Bonchev–Trinajstić information content (AvgIpc) is 3.13. The van der Waals surface area contributed by atoms with Crippen LogP contribution in [0.15, 0.2) is 76.1 Å². The third-order valence-electron chi connectivity index (χ3n) is 5.56. The van der Waals surface area contributed by atoms with E-state index in [1.165, 1.54) is 16.7 Å². The van der Waals surface area contributed by atoms with Gasteiger partial charge in [0.25, 0.3) is 5.56 Å². The van der Waals surface area contributed by atoms with Crippen LogP contribution >= 0.6 is 0 Å². The van der Waals surface area contributed by atoms with Crippen LogP contribution in [0, 0.1) is 0 Å². The van der Waals surface area contributed by atoms with Gasteiger partial charge in [0.15, 0.2) is 0 Å². The highest BCUT2D eigenvalue weighted by Crippen LogP contribution is 2.31. The van der Waals surface area contributed by atoms with Gasteiger partial charge in [-0.15, -0.1) is 0 Å². The molecule has 0 radical (unpaired) electrons. The molecule has 144 valence electrons. The van der Waals surface area contributed by atoms with Crippen molar-refractivity contribution in [2.45, 2.75) is 31.7 Å². The van der Waals surface area contributed by atoms with Gasteiger partial charge in [0.2, 0.25) is 0 Å². The number of aryl methyl sites for hydroxylation is 1. The van der Waals surface area contributed by atoms with Gasteiger partial charge in [-0.05, 0) is 43.0 Å². The fraction of sp³-hybridized carbons (Fsp3) is 0.292. The zero-order chi connectivity index (χ0) is 19.3. The van der Waals surface area contributed by atoms with Crippen molar-refractivity contribution in [2.75, 3.05) is 13.6 Å². The normalized spacial score (nSPS) is 16.0. The highest BCUT2D eigenvalue weighted by molar-refractivity contribution is 5.79. The molecule has 0 amide bonds. The molecule has 0 bridgehead atoms. The lowest BCUT2D eigenvalue weighted by atomic mass is 9.92. The Morgan fingerprint density at radius 3 is 2.39 bits per heavy atom. The van der Waals surface area contributed by atoms with E-state index < -0.39 is 0 Å². The van der Waals surface area contributed by atoms with Crippen LogP contribution in [0.1, 0.15) is 47.8 Å². The van der Waals surface area contributed by atoms with Crippen LogP contribution in [-0.4, -0.2) is 23.6 Å².